The molecule has 2 aromatic carbocycles. The SMILES string of the molecule is Cc1ccc(S(=O)(=O)N2CCC(C(=O)N3CCCc4cccc(C)c43)CC2)cc1. The van der Waals surface area contributed by atoms with Crippen LogP contribution in [0.15, 0.2) is 47.4 Å². The summed E-state index contributed by atoms with van der Waals surface area (Å²) in [5.41, 5.74) is 4.47. The van der Waals surface area contributed by atoms with E-state index in [4.69, 9.17) is 0 Å². The predicted octanol–water partition coefficient (Wildman–Crippen LogP) is 3.68. The highest BCUT2D eigenvalue weighted by Crippen LogP contribution is 2.33. The molecule has 6 heteroatoms. The largest absolute Gasteiger partial charge is 0.312 e. The van der Waals surface area contributed by atoms with E-state index in [2.05, 4.69) is 25.1 Å². The molecule has 2 heterocycles. The lowest BCUT2D eigenvalue weighted by Crippen LogP contribution is -2.46. The predicted molar refractivity (Wildman–Crippen MR) is 115 cm³/mol. The van der Waals surface area contributed by atoms with Crippen molar-refractivity contribution in [1.29, 1.82) is 0 Å². The topological polar surface area (TPSA) is 57.7 Å². The van der Waals surface area contributed by atoms with Crippen LogP contribution in [0.1, 0.15) is 36.0 Å². The molecule has 0 saturated carbocycles. The number of para-hydroxylation sites is 1. The van der Waals surface area contributed by atoms with Crippen LogP contribution in [0.25, 0.3) is 0 Å². The second kappa shape index (κ2) is 7.92. The van der Waals surface area contributed by atoms with Crippen molar-refractivity contribution < 1.29 is 13.2 Å². The fourth-order valence-electron chi connectivity index (χ4n) is 4.49. The van der Waals surface area contributed by atoms with E-state index in [0.717, 1.165) is 36.2 Å². The molecule has 1 amide bonds. The minimum absolute atomic E-state index is 0.120. The molecule has 0 spiro atoms. The Bertz CT molecular complexity index is 1010. The van der Waals surface area contributed by atoms with Crippen molar-refractivity contribution in [2.45, 2.75) is 44.4 Å². The summed E-state index contributed by atoms with van der Waals surface area (Å²) < 4.78 is 27.4. The van der Waals surface area contributed by atoms with Crippen LogP contribution in [-0.2, 0) is 21.2 Å². The van der Waals surface area contributed by atoms with Crippen molar-refractivity contribution in [3.63, 3.8) is 0 Å². The molecule has 2 aromatic rings. The number of hydrogen-bond donors (Lipinski definition) is 0. The highest BCUT2D eigenvalue weighted by molar-refractivity contribution is 7.89. The van der Waals surface area contributed by atoms with Gasteiger partial charge in [-0.05, 0) is 62.8 Å². The standard InChI is InChI=1S/C23H28N2O3S/c1-17-8-10-21(11-9-17)29(27,28)24-15-12-20(13-16-24)23(26)25-14-4-7-19-6-3-5-18(2)22(19)25/h3,5-6,8-11,20H,4,7,12-16H2,1-2H3. The molecular formula is C23H28N2O3S. The molecule has 0 atom stereocenters. The Morgan fingerprint density at radius 3 is 2.34 bits per heavy atom. The van der Waals surface area contributed by atoms with Crippen LogP contribution in [0.3, 0.4) is 0 Å². The van der Waals surface area contributed by atoms with E-state index < -0.39 is 10.0 Å². The van der Waals surface area contributed by atoms with E-state index in [1.54, 1.807) is 12.1 Å². The van der Waals surface area contributed by atoms with Crippen molar-refractivity contribution in [3.8, 4) is 0 Å². The third-order valence-electron chi connectivity index (χ3n) is 6.15. The first-order valence-electron chi connectivity index (χ1n) is 10.3. The quantitative estimate of drug-likeness (QED) is 0.773. The van der Waals surface area contributed by atoms with Crippen molar-refractivity contribution in [1.82, 2.24) is 4.31 Å². The summed E-state index contributed by atoms with van der Waals surface area (Å²) in [7, 11) is -3.50. The Balaban J connectivity index is 1.47. The molecule has 5 nitrogen and oxygen atoms in total. The number of benzene rings is 2. The van der Waals surface area contributed by atoms with Gasteiger partial charge < -0.3 is 4.90 Å². The fourth-order valence-corrected chi connectivity index (χ4v) is 5.96. The first-order valence-corrected chi connectivity index (χ1v) is 11.8. The molecule has 0 unspecified atom stereocenters. The molecule has 2 aliphatic heterocycles. The van der Waals surface area contributed by atoms with Gasteiger partial charge in [0.1, 0.15) is 0 Å². The molecule has 0 bridgehead atoms. The zero-order valence-corrected chi connectivity index (χ0v) is 17.9. The van der Waals surface area contributed by atoms with E-state index >= 15 is 0 Å². The van der Waals surface area contributed by atoms with Crippen LogP contribution in [0.2, 0.25) is 0 Å². The summed E-state index contributed by atoms with van der Waals surface area (Å²) in [5.74, 6) is 0.0256. The van der Waals surface area contributed by atoms with E-state index in [9.17, 15) is 13.2 Å². The number of hydrogen-bond acceptors (Lipinski definition) is 3. The lowest BCUT2D eigenvalue weighted by atomic mass is 9.93. The van der Waals surface area contributed by atoms with Crippen LogP contribution in [0.5, 0.6) is 0 Å². The van der Waals surface area contributed by atoms with E-state index in [-0.39, 0.29) is 11.8 Å². The van der Waals surface area contributed by atoms with Crippen molar-refractivity contribution >= 4 is 21.6 Å². The molecule has 0 aliphatic carbocycles. The molecule has 4 rings (SSSR count). The summed E-state index contributed by atoms with van der Waals surface area (Å²) in [6.45, 7) is 5.52. The number of carbonyl (C=O) groups excluding carboxylic acids is 1. The number of rotatable bonds is 3. The van der Waals surface area contributed by atoms with Crippen LogP contribution in [0.4, 0.5) is 5.69 Å². The van der Waals surface area contributed by atoms with Gasteiger partial charge in [-0.3, -0.25) is 4.79 Å². The van der Waals surface area contributed by atoms with Gasteiger partial charge in [-0.2, -0.15) is 4.31 Å². The van der Waals surface area contributed by atoms with Gasteiger partial charge in [0, 0.05) is 31.2 Å². The number of piperidine rings is 1. The Hall–Kier alpha value is -2.18. The number of sulfonamides is 1. The van der Waals surface area contributed by atoms with Gasteiger partial charge >= 0.3 is 0 Å². The Morgan fingerprint density at radius 2 is 1.66 bits per heavy atom. The minimum atomic E-state index is -3.50. The summed E-state index contributed by atoms with van der Waals surface area (Å²) in [6, 6.07) is 13.2. The van der Waals surface area contributed by atoms with Gasteiger partial charge in [0.25, 0.3) is 0 Å². The van der Waals surface area contributed by atoms with E-state index in [1.165, 1.54) is 9.87 Å². The Labute approximate surface area is 173 Å². The highest BCUT2D eigenvalue weighted by atomic mass is 32.2. The maximum atomic E-state index is 13.3. The number of fused-ring (bicyclic) bond motifs is 1. The van der Waals surface area contributed by atoms with Gasteiger partial charge in [0.2, 0.25) is 15.9 Å². The summed E-state index contributed by atoms with van der Waals surface area (Å²) in [6.07, 6.45) is 3.13. The summed E-state index contributed by atoms with van der Waals surface area (Å²) in [5, 5.41) is 0. The molecule has 154 valence electrons. The lowest BCUT2D eigenvalue weighted by Gasteiger charge is -2.36. The second-order valence-corrected chi connectivity index (χ2v) is 10.1. The average Bonchev–Trinajstić information content (AvgIpc) is 2.73. The fraction of sp³-hybridized carbons (Fsp3) is 0.435. The summed E-state index contributed by atoms with van der Waals surface area (Å²) in [4.78, 5) is 15.6. The monoisotopic (exact) mass is 412 g/mol. The van der Waals surface area contributed by atoms with Crippen molar-refractivity contribution in [3.05, 3.63) is 59.2 Å². The maximum absolute atomic E-state index is 13.3. The Morgan fingerprint density at radius 1 is 0.966 bits per heavy atom. The maximum Gasteiger partial charge on any atom is 0.243 e. The molecule has 0 aromatic heterocycles. The third-order valence-corrected chi connectivity index (χ3v) is 8.06. The number of amides is 1. The molecule has 1 fully saturated rings. The normalized spacial score (nSPS) is 18.5. The molecule has 0 N–H and O–H groups in total. The molecule has 2 aliphatic rings. The average molecular weight is 413 g/mol. The van der Waals surface area contributed by atoms with Gasteiger partial charge in [0.15, 0.2) is 0 Å². The molecule has 1 saturated heterocycles. The first kappa shape index (κ1) is 20.1. The first-order chi connectivity index (χ1) is 13.9. The number of aryl methyl sites for hydroxylation is 3. The van der Waals surface area contributed by atoms with Crippen LogP contribution >= 0.6 is 0 Å². The lowest BCUT2D eigenvalue weighted by molar-refractivity contribution is -0.123. The van der Waals surface area contributed by atoms with Crippen LogP contribution in [0, 0.1) is 19.8 Å². The zero-order chi connectivity index (χ0) is 20.6. The number of carbonyl (C=O) groups is 1. The highest BCUT2D eigenvalue weighted by Gasteiger charge is 2.35. The van der Waals surface area contributed by atoms with Gasteiger partial charge in [-0.25, -0.2) is 8.42 Å². The van der Waals surface area contributed by atoms with Crippen LogP contribution in [-0.4, -0.2) is 38.3 Å². The third kappa shape index (κ3) is 3.83. The van der Waals surface area contributed by atoms with Gasteiger partial charge in [0.05, 0.1) is 4.90 Å². The zero-order valence-electron chi connectivity index (χ0n) is 17.1. The van der Waals surface area contributed by atoms with Gasteiger partial charge in [-0.1, -0.05) is 35.9 Å². The van der Waals surface area contributed by atoms with E-state index in [1.807, 2.05) is 24.0 Å². The van der Waals surface area contributed by atoms with E-state index in [0.29, 0.717) is 30.8 Å². The van der Waals surface area contributed by atoms with Crippen molar-refractivity contribution in [2.24, 2.45) is 5.92 Å². The van der Waals surface area contributed by atoms with Crippen LogP contribution < -0.4 is 4.90 Å². The summed E-state index contributed by atoms with van der Waals surface area (Å²) >= 11 is 0. The molecule has 0 radical (unpaired) electrons. The molecular weight excluding hydrogens is 384 g/mol. The Kier molecular flexibility index (Phi) is 5.49. The number of anilines is 1. The second-order valence-electron chi connectivity index (χ2n) is 8.17. The van der Waals surface area contributed by atoms with Gasteiger partial charge in [-0.15, -0.1) is 0 Å². The number of nitrogens with zero attached hydrogens (tertiary/aromatic N) is 2. The minimum Gasteiger partial charge on any atom is -0.312 e. The molecule has 29 heavy (non-hydrogen) atoms. The smallest absolute Gasteiger partial charge is 0.243 e. The van der Waals surface area contributed by atoms with Crippen molar-refractivity contribution in [2.75, 3.05) is 24.5 Å².